The summed E-state index contributed by atoms with van der Waals surface area (Å²) in [6.07, 6.45) is -1.03. The maximum atomic E-state index is 14.4. The molecule has 0 aromatic heterocycles. The number of alkyl halides is 1. The van der Waals surface area contributed by atoms with E-state index in [1.54, 1.807) is 41.5 Å². The standard InChI is InChI=1S/C35H60BrN3O12Si/c1-32(2,3)50-30(44)38-23(21-49-34(38)16-13-12-14-17-34)26(40)35(28(42)47-8)18-15-22(39(35)31(45)51-33(4,5)6)24(36)25(27(41)46-7)37-29(43)48-19-20-52(9,10)11/h22-26,40H,12-21H2,1-11H3,(H,37,43)/t22-,23+,24?,25-,26+,35-/m1/s1. The van der Waals surface area contributed by atoms with Crippen LogP contribution in [0, 0.1) is 0 Å². The summed E-state index contributed by atoms with van der Waals surface area (Å²) in [6.45, 7) is 16.5. The fourth-order valence-corrected chi connectivity index (χ4v) is 8.75. The van der Waals surface area contributed by atoms with Crippen LogP contribution < -0.4 is 5.32 Å². The zero-order valence-electron chi connectivity index (χ0n) is 32.7. The minimum absolute atomic E-state index is 0.0341. The molecule has 0 aromatic rings. The van der Waals surface area contributed by atoms with Crippen molar-refractivity contribution in [3.05, 3.63) is 0 Å². The number of esters is 2. The highest BCUT2D eigenvalue weighted by Gasteiger charge is 2.67. The molecule has 1 aliphatic carbocycles. The number of alkyl carbamates (subject to hydrolysis) is 1. The summed E-state index contributed by atoms with van der Waals surface area (Å²) in [5.41, 5.74) is -5.17. The zero-order valence-corrected chi connectivity index (χ0v) is 35.3. The van der Waals surface area contributed by atoms with Gasteiger partial charge in [-0.2, -0.15) is 0 Å². The number of carbonyl (C=O) groups is 5. The second-order valence-electron chi connectivity index (χ2n) is 17.1. The van der Waals surface area contributed by atoms with E-state index in [1.165, 1.54) is 4.90 Å². The van der Waals surface area contributed by atoms with Crippen molar-refractivity contribution in [1.82, 2.24) is 15.1 Å². The Hall–Kier alpha value is -2.63. The first kappa shape index (κ1) is 43.8. The number of nitrogens with one attached hydrogen (secondary N) is 1. The molecule has 3 fully saturated rings. The van der Waals surface area contributed by atoms with Crippen molar-refractivity contribution < 1.29 is 57.5 Å². The van der Waals surface area contributed by atoms with E-state index in [2.05, 4.69) is 40.9 Å². The minimum Gasteiger partial charge on any atom is -0.467 e. The highest BCUT2D eigenvalue weighted by Crippen LogP contribution is 2.48. The number of amides is 3. The molecule has 2 heterocycles. The van der Waals surface area contributed by atoms with Gasteiger partial charge in [0.2, 0.25) is 0 Å². The molecule has 3 amide bonds. The van der Waals surface area contributed by atoms with Gasteiger partial charge >= 0.3 is 30.2 Å². The van der Waals surface area contributed by atoms with Crippen molar-refractivity contribution in [1.29, 1.82) is 0 Å². The molecule has 2 aliphatic heterocycles. The highest BCUT2D eigenvalue weighted by molar-refractivity contribution is 9.09. The molecule has 52 heavy (non-hydrogen) atoms. The van der Waals surface area contributed by atoms with Gasteiger partial charge in [0, 0.05) is 8.07 Å². The fraction of sp³-hybridized carbons (Fsp3) is 0.857. The van der Waals surface area contributed by atoms with Gasteiger partial charge in [0.1, 0.15) is 29.1 Å². The van der Waals surface area contributed by atoms with Gasteiger partial charge in [-0.15, -0.1) is 0 Å². The average Bonchev–Trinajstić information content (AvgIpc) is 3.60. The Morgan fingerprint density at radius 3 is 1.94 bits per heavy atom. The summed E-state index contributed by atoms with van der Waals surface area (Å²) >= 11 is 3.55. The number of likely N-dealkylation sites (tertiary alicyclic amines) is 1. The second kappa shape index (κ2) is 16.8. The molecule has 6 atom stereocenters. The topological polar surface area (TPSA) is 179 Å². The second-order valence-corrected chi connectivity index (χ2v) is 23.8. The molecular weight excluding hydrogens is 762 g/mol. The van der Waals surface area contributed by atoms with Crippen molar-refractivity contribution in [2.45, 2.75) is 164 Å². The normalized spacial score (nSPS) is 25.2. The van der Waals surface area contributed by atoms with E-state index < -0.39 is 89.8 Å². The molecule has 2 saturated heterocycles. The van der Waals surface area contributed by atoms with Gasteiger partial charge < -0.3 is 38.8 Å². The van der Waals surface area contributed by atoms with Gasteiger partial charge in [0.25, 0.3) is 0 Å². The molecule has 0 bridgehead atoms. The van der Waals surface area contributed by atoms with E-state index in [4.69, 9.17) is 28.4 Å². The van der Waals surface area contributed by atoms with Crippen LogP contribution >= 0.6 is 15.9 Å². The lowest BCUT2D eigenvalue weighted by Crippen LogP contribution is -2.70. The number of halogens is 1. The van der Waals surface area contributed by atoms with Gasteiger partial charge in [-0.25, -0.2) is 24.0 Å². The molecule has 2 N–H and O–H groups in total. The number of carbonyl (C=O) groups excluding carboxylic acids is 5. The summed E-state index contributed by atoms with van der Waals surface area (Å²) in [4.78, 5) is 70.1. The molecule has 1 spiro atoms. The molecule has 15 nitrogen and oxygen atoms in total. The van der Waals surface area contributed by atoms with Crippen LogP contribution in [-0.4, -0.2) is 132 Å². The number of hydrogen-bond acceptors (Lipinski definition) is 12. The molecule has 3 rings (SSSR count). The predicted molar refractivity (Wildman–Crippen MR) is 197 cm³/mol. The first-order chi connectivity index (χ1) is 23.9. The fourth-order valence-electron chi connectivity index (χ4n) is 7.19. The molecule has 298 valence electrons. The lowest BCUT2D eigenvalue weighted by Gasteiger charge is -2.47. The van der Waals surface area contributed by atoms with Gasteiger partial charge in [-0.1, -0.05) is 42.0 Å². The summed E-state index contributed by atoms with van der Waals surface area (Å²) in [6, 6.07) is -2.91. The number of methoxy groups -OCH3 is 2. The Balaban J connectivity index is 2.12. The van der Waals surface area contributed by atoms with Crippen molar-refractivity contribution >= 4 is 54.2 Å². The molecule has 1 saturated carbocycles. The molecule has 3 aliphatic rings. The van der Waals surface area contributed by atoms with Crippen molar-refractivity contribution in [3.8, 4) is 0 Å². The maximum absolute atomic E-state index is 14.4. The summed E-state index contributed by atoms with van der Waals surface area (Å²) in [5.74, 6) is -1.81. The zero-order chi connectivity index (χ0) is 39.4. The molecule has 0 aromatic carbocycles. The van der Waals surface area contributed by atoms with Crippen molar-refractivity contribution in [3.63, 3.8) is 0 Å². The molecule has 0 radical (unpaired) electrons. The number of hydrogen-bond donors (Lipinski definition) is 2. The van der Waals surface area contributed by atoms with Crippen LogP contribution in [0.3, 0.4) is 0 Å². The first-order valence-electron chi connectivity index (χ1n) is 18.0. The Bertz CT molecular complexity index is 1310. The number of ether oxygens (including phenoxy) is 6. The van der Waals surface area contributed by atoms with E-state index in [0.29, 0.717) is 18.9 Å². The van der Waals surface area contributed by atoms with Gasteiger partial charge in [-0.3, -0.25) is 9.80 Å². The third kappa shape index (κ3) is 10.1. The Kier molecular flexibility index (Phi) is 14.1. The Morgan fingerprint density at radius 1 is 0.885 bits per heavy atom. The smallest absolute Gasteiger partial charge is 0.413 e. The highest BCUT2D eigenvalue weighted by atomic mass is 79.9. The van der Waals surface area contributed by atoms with Gasteiger partial charge in [0.05, 0.1) is 44.3 Å². The summed E-state index contributed by atoms with van der Waals surface area (Å²) < 4.78 is 33.8. The summed E-state index contributed by atoms with van der Waals surface area (Å²) in [5, 5.41) is 15.1. The molecule has 1 unspecified atom stereocenters. The van der Waals surface area contributed by atoms with E-state index in [0.717, 1.165) is 38.4 Å². The lowest BCUT2D eigenvalue weighted by molar-refractivity contribution is -0.166. The van der Waals surface area contributed by atoms with E-state index >= 15 is 0 Å². The van der Waals surface area contributed by atoms with Crippen LogP contribution in [0.15, 0.2) is 0 Å². The van der Waals surface area contributed by atoms with Crippen LogP contribution in [0.1, 0.15) is 86.5 Å². The Morgan fingerprint density at radius 2 is 1.44 bits per heavy atom. The molecule has 17 heteroatoms. The van der Waals surface area contributed by atoms with Crippen LogP contribution in [0.4, 0.5) is 14.4 Å². The third-order valence-electron chi connectivity index (χ3n) is 9.58. The third-order valence-corrected chi connectivity index (χ3v) is 12.4. The maximum Gasteiger partial charge on any atom is 0.413 e. The predicted octanol–water partition coefficient (Wildman–Crippen LogP) is 5.32. The van der Waals surface area contributed by atoms with E-state index in [1.807, 2.05) is 0 Å². The minimum atomic E-state index is -2.14. The Labute approximate surface area is 317 Å². The van der Waals surface area contributed by atoms with Crippen LogP contribution in [0.25, 0.3) is 0 Å². The van der Waals surface area contributed by atoms with Gasteiger partial charge in [0.15, 0.2) is 5.54 Å². The number of rotatable bonds is 10. The monoisotopic (exact) mass is 821 g/mol. The largest absolute Gasteiger partial charge is 0.467 e. The van der Waals surface area contributed by atoms with Gasteiger partial charge in [-0.05, 0) is 86.1 Å². The lowest BCUT2D eigenvalue weighted by atomic mass is 9.83. The number of nitrogens with zero attached hydrogens (tertiary/aromatic N) is 2. The van der Waals surface area contributed by atoms with Crippen LogP contribution in [-0.2, 0) is 38.0 Å². The van der Waals surface area contributed by atoms with Crippen molar-refractivity contribution in [2.24, 2.45) is 0 Å². The van der Waals surface area contributed by atoms with Crippen LogP contribution in [0.5, 0.6) is 0 Å². The SMILES string of the molecule is COC(=O)[C@H](NC(=O)OCC[Si](C)(C)C)C(Br)[C@H]1CC[C@](C(=O)OC)([C@@H](O)[C@@H]2COC3(CCCCC3)N2C(=O)OC(C)(C)C)N1C(=O)OC(C)(C)C. The number of aliphatic hydroxyl groups excluding tert-OH is 1. The first-order valence-corrected chi connectivity index (χ1v) is 22.7. The van der Waals surface area contributed by atoms with E-state index in [9.17, 15) is 29.1 Å². The molecular formula is C35H60BrN3O12Si. The van der Waals surface area contributed by atoms with Crippen molar-refractivity contribution in [2.75, 3.05) is 27.4 Å². The van der Waals surface area contributed by atoms with E-state index in [-0.39, 0.29) is 26.1 Å². The quantitative estimate of drug-likeness (QED) is 0.126. The number of aliphatic hydroxyl groups is 1. The average molecular weight is 823 g/mol. The van der Waals surface area contributed by atoms with Crippen LogP contribution in [0.2, 0.25) is 25.7 Å². The summed E-state index contributed by atoms with van der Waals surface area (Å²) in [7, 11) is 0.752.